The Morgan fingerprint density at radius 1 is 1.46 bits per heavy atom. The third-order valence-corrected chi connectivity index (χ3v) is 2.20. The summed E-state index contributed by atoms with van der Waals surface area (Å²) in [6.07, 6.45) is 0.525. The monoisotopic (exact) mass is 178 g/mol. The van der Waals surface area contributed by atoms with Gasteiger partial charge < -0.3 is 9.47 Å². The standard InChI is InChI=1S/C11H14O2/c1-9(12-7-11-8-13-11)10-5-3-2-4-6-10/h2-6,9,11H,7-8H2,1H3/t9-,11+/m1/s1. The van der Waals surface area contributed by atoms with Gasteiger partial charge in [-0.1, -0.05) is 30.3 Å². The molecule has 1 aromatic rings. The summed E-state index contributed by atoms with van der Waals surface area (Å²) in [6.45, 7) is 3.65. The Bertz CT molecular complexity index is 254. The molecule has 1 saturated heterocycles. The van der Waals surface area contributed by atoms with E-state index in [2.05, 4.69) is 19.1 Å². The van der Waals surface area contributed by atoms with Gasteiger partial charge in [0.05, 0.1) is 19.3 Å². The van der Waals surface area contributed by atoms with E-state index in [0.29, 0.717) is 6.10 Å². The molecule has 0 radical (unpaired) electrons. The molecule has 1 aliphatic rings. The molecule has 0 unspecified atom stereocenters. The Hall–Kier alpha value is -0.860. The van der Waals surface area contributed by atoms with Gasteiger partial charge in [-0.3, -0.25) is 0 Å². The molecule has 1 aromatic carbocycles. The molecular weight excluding hydrogens is 164 g/mol. The maximum atomic E-state index is 5.63. The highest BCUT2D eigenvalue weighted by Crippen LogP contribution is 2.18. The molecule has 2 atom stereocenters. The molecule has 0 N–H and O–H groups in total. The fraction of sp³-hybridized carbons (Fsp3) is 0.455. The van der Waals surface area contributed by atoms with E-state index in [1.54, 1.807) is 0 Å². The van der Waals surface area contributed by atoms with E-state index >= 15 is 0 Å². The Kier molecular flexibility index (Phi) is 2.62. The fourth-order valence-electron chi connectivity index (χ4n) is 1.24. The maximum absolute atomic E-state index is 5.63. The van der Waals surface area contributed by atoms with E-state index in [9.17, 15) is 0 Å². The van der Waals surface area contributed by atoms with E-state index in [1.165, 1.54) is 5.56 Å². The van der Waals surface area contributed by atoms with E-state index in [0.717, 1.165) is 13.2 Å². The summed E-state index contributed by atoms with van der Waals surface area (Å²) < 4.78 is 10.7. The normalized spacial score (nSPS) is 22.7. The summed E-state index contributed by atoms with van der Waals surface area (Å²) in [4.78, 5) is 0. The summed E-state index contributed by atoms with van der Waals surface area (Å²) in [7, 11) is 0. The van der Waals surface area contributed by atoms with Crippen LogP contribution in [0.15, 0.2) is 30.3 Å². The van der Waals surface area contributed by atoms with Crippen molar-refractivity contribution < 1.29 is 9.47 Å². The van der Waals surface area contributed by atoms with E-state index in [4.69, 9.17) is 9.47 Å². The average Bonchev–Trinajstić information content (AvgIpc) is 2.99. The van der Waals surface area contributed by atoms with Gasteiger partial charge in [-0.05, 0) is 12.5 Å². The largest absolute Gasteiger partial charge is 0.371 e. The Morgan fingerprint density at radius 3 is 2.77 bits per heavy atom. The zero-order valence-corrected chi connectivity index (χ0v) is 7.77. The van der Waals surface area contributed by atoms with Gasteiger partial charge in [0.1, 0.15) is 6.10 Å². The van der Waals surface area contributed by atoms with Crippen molar-refractivity contribution in [3.8, 4) is 0 Å². The van der Waals surface area contributed by atoms with Crippen LogP contribution >= 0.6 is 0 Å². The highest BCUT2D eigenvalue weighted by Gasteiger charge is 2.23. The quantitative estimate of drug-likeness (QED) is 0.659. The van der Waals surface area contributed by atoms with Crippen LogP contribution in [0, 0.1) is 0 Å². The average molecular weight is 178 g/mol. The molecule has 0 amide bonds. The van der Waals surface area contributed by atoms with Gasteiger partial charge in [-0.25, -0.2) is 0 Å². The SMILES string of the molecule is C[C@@H](OC[C@H]1CO1)c1ccccc1. The van der Waals surface area contributed by atoms with E-state index in [-0.39, 0.29) is 6.10 Å². The van der Waals surface area contributed by atoms with Crippen LogP contribution in [0.4, 0.5) is 0 Å². The van der Waals surface area contributed by atoms with Gasteiger partial charge in [-0.15, -0.1) is 0 Å². The molecule has 2 nitrogen and oxygen atoms in total. The number of rotatable bonds is 4. The van der Waals surface area contributed by atoms with Crippen LogP contribution in [-0.4, -0.2) is 19.3 Å². The smallest absolute Gasteiger partial charge is 0.104 e. The lowest BCUT2D eigenvalue weighted by Gasteiger charge is -2.11. The molecule has 70 valence electrons. The van der Waals surface area contributed by atoms with E-state index < -0.39 is 0 Å². The van der Waals surface area contributed by atoms with Crippen molar-refractivity contribution in [2.45, 2.75) is 19.1 Å². The highest BCUT2D eigenvalue weighted by molar-refractivity contribution is 5.16. The van der Waals surface area contributed by atoms with Crippen LogP contribution in [0.25, 0.3) is 0 Å². The van der Waals surface area contributed by atoms with Gasteiger partial charge >= 0.3 is 0 Å². The number of hydrogen-bond acceptors (Lipinski definition) is 2. The first-order valence-corrected chi connectivity index (χ1v) is 4.64. The molecule has 0 spiro atoms. The summed E-state index contributed by atoms with van der Waals surface area (Å²) in [5.74, 6) is 0. The van der Waals surface area contributed by atoms with Crippen LogP contribution < -0.4 is 0 Å². The lowest BCUT2D eigenvalue weighted by Crippen LogP contribution is -2.05. The second-order valence-corrected chi connectivity index (χ2v) is 3.34. The minimum Gasteiger partial charge on any atom is -0.371 e. The molecule has 1 heterocycles. The third-order valence-electron chi connectivity index (χ3n) is 2.20. The van der Waals surface area contributed by atoms with Crippen LogP contribution in [-0.2, 0) is 9.47 Å². The zero-order valence-electron chi connectivity index (χ0n) is 7.77. The number of benzene rings is 1. The third kappa shape index (κ3) is 2.54. The predicted molar refractivity (Wildman–Crippen MR) is 50.5 cm³/mol. The lowest BCUT2D eigenvalue weighted by molar-refractivity contribution is 0.0540. The minimum atomic E-state index is 0.172. The second kappa shape index (κ2) is 3.90. The Labute approximate surface area is 78.5 Å². The van der Waals surface area contributed by atoms with Crippen LogP contribution in [0.1, 0.15) is 18.6 Å². The number of hydrogen-bond donors (Lipinski definition) is 0. The fourth-order valence-corrected chi connectivity index (χ4v) is 1.24. The maximum Gasteiger partial charge on any atom is 0.104 e. The van der Waals surface area contributed by atoms with Crippen molar-refractivity contribution in [2.24, 2.45) is 0 Å². The van der Waals surface area contributed by atoms with Gasteiger partial charge in [0.2, 0.25) is 0 Å². The molecule has 2 rings (SSSR count). The van der Waals surface area contributed by atoms with Gasteiger partial charge in [0, 0.05) is 0 Å². The van der Waals surface area contributed by atoms with Gasteiger partial charge in [0.25, 0.3) is 0 Å². The molecule has 2 heteroatoms. The summed E-state index contributed by atoms with van der Waals surface area (Å²) >= 11 is 0. The molecule has 13 heavy (non-hydrogen) atoms. The van der Waals surface area contributed by atoms with Crippen molar-refractivity contribution in [2.75, 3.05) is 13.2 Å². The van der Waals surface area contributed by atoms with Gasteiger partial charge in [-0.2, -0.15) is 0 Å². The first kappa shape index (κ1) is 8.73. The van der Waals surface area contributed by atoms with Crippen molar-refractivity contribution in [3.05, 3.63) is 35.9 Å². The first-order chi connectivity index (χ1) is 6.36. The van der Waals surface area contributed by atoms with Crippen molar-refractivity contribution in [1.82, 2.24) is 0 Å². The number of ether oxygens (including phenoxy) is 2. The first-order valence-electron chi connectivity index (χ1n) is 4.64. The Morgan fingerprint density at radius 2 is 2.15 bits per heavy atom. The molecule has 0 saturated carbocycles. The molecule has 0 aliphatic carbocycles. The Balaban J connectivity index is 1.85. The minimum absolute atomic E-state index is 0.172. The molecule has 1 aliphatic heterocycles. The van der Waals surface area contributed by atoms with Crippen molar-refractivity contribution >= 4 is 0 Å². The summed E-state index contributed by atoms with van der Waals surface area (Å²) in [5, 5.41) is 0. The van der Waals surface area contributed by atoms with Crippen LogP contribution in [0.5, 0.6) is 0 Å². The lowest BCUT2D eigenvalue weighted by atomic mass is 10.1. The molecule has 1 fully saturated rings. The molecule has 0 aromatic heterocycles. The van der Waals surface area contributed by atoms with Crippen LogP contribution in [0.3, 0.4) is 0 Å². The molecular formula is C11H14O2. The molecule has 0 bridgehead atoms. The van der Waals surface area contributed by atoms with Crippen molar-refractivity contribution in [1.29, 1.82) is 0 Å². The number of epoxide rings is 1. The van der Waals surface area contributed by atoms with Gasteiger partial charge in [0.15, 0.2) is 0 Å². The highest BCUT2D eigenvalue weighted by atomic mass is 16.6. The van der Waals surface area contributed by atoms with Crippen molar-refractivity contribution in [3.63, 3.8) is 0 Å². The van der Waals surface area contributed by atoms with E-state index in [1.807, 2.05) is 18.2 Å². The second-order valence-electron chi connectivity index (χ2n) is 3.34. The van der Waals surface area contributed by atoms with Crippen LogP contribution in [0.2, 0.25) is 0 Å². The zero-order chi connectivity index (χ0) is 9.10. The summed E-state index contributed by atoms with van der Waals surface area (Å²) in [6, 6.07) is 10.2. The summed E-state index contributed by atoms with van der Waals surface area (Å²) in [5.41, 5.74) is 1.23. The predicted octanol–water partition coefficient (Wildman–Crippen LogP) is 2.16. The topological polar surface area (TPSA) is 21.8 Å².